The average Bonchev–Trinajstić information content (AvgIpc) is 2.20. The van der Waals surface area contributed by atoms with Gasteiger partial charge in [0.05, 0.1) is 0 Å². The summed E-state index contributed by atoms with van der Waals surface area (Å²) in [7, 11) is 0. The molecule has 2 rings (SSSR count). The molecule has 0 saturated heterocycles. The van der Waals surface area contributed by atoms with Crippen molar-refractivity contribution in [2.24, 2.45) is 0 Å². The van der Waals surface area contributed by atoms with Crippen LogP contribution in [0, 0.1) is 0 Å². The van der Waals surface area contributed by atoms with Crippen LogP contribution in [0.15, 0.2) is 39.8 Å². The summed E-state index contributed by atoms with van der Waals surface area (Å²) >= 11 is 0. The van der Waals surface area contributed by atoms with E-state index >= 15 is 0 Å². The Labute approximate surface area is 74.6 Å². The van der Waals surface area contributed by atoms with E-state index in [-0.39, 0.29) is 5.92 Å². The second-order valence-corrected chi connectivity index (χ2v) is 2.78. The summed E-state index contributed by atoms with van der Waals surface area (Å²) in [6, 6.07) is 0. The summed E-state index contributed by atoms with van der Waals surface area (Å²) in [4.78, 5) is 10.5. The van der Waals surface area contributed by atoms with Crippen molar-refractivity contribution in [2.75, 3.05) is 0 Å². The van der Waals surface area contributed by atoms with E-state index in [2.05, 4.69) is 14.6 Å². The molecule has 1 aliphatic rings. The van der Waals surface area contributed by atoms with Gasteiger partial charge in [0.25, 0.3) is 0 Å². The zero-order chi connectivity index (χ0) is 9.10. The van der Waals surface area contributed by atoms with E-state index in [1.54, 1.807) is 0 Å². The van der Waals surface area contributed by atoms with Crippen molar-refractivity contribution in [1.82, 2.24) is 10.2 Å². The first-order valence-corrected chi connectivity index (χ1v) is 4.02. The van der Waals surface area contributed by atoms with Crippen LogP contribution in [-0.4, -0.2) is 10.2 Å². The predicted octanol–water partition coefficient (Wildman–Crippen LogP) is 1.03. The number of hydrogen-bond donors (Lipinski definition) is 0. The maximum atomic E-state index is 10.5. The zero-order valence-corrected chi connectivity index (χ0v) is 6.88. The highest BCUT2D eigenvalue weighted by molar-refractivity contribution is 5.20. The Balaban J connectivity index is 2.26. The van der Waals surface area contributed by atoms with Gasteiger partial charge in [-0.05, 0) is 6.42 Å². The molecular formula is C9H8N2O2. The Morgan fingerprint density at radius 1 is 1.38 bits per heavy atom. The summed E-state index contributed by atoms with van der Waals surface area (Å²) in [6.07, 6.45) is 10.2. The van der Waals surface area contributed by atoms with Gasteiger partial charge in [0.2, 0.25) is 0 Å². The van der Waals surface area contributed by atoms with Crippen LogP contribution in [0.2, 0.25) is 0 Å². The van der Waals surface area contributed by atoms with Crippen molar-refractivity contribution in [3.05, 3.63) is 46.8 Å². The Hall–Kier alpha value is -1.71. The van der Waals surface area contributed by atoms with Gasteiger partial charge in [-0.1, -0.05) is 29.4 Å². The molecule has 0 saturated carbocycles. The van der Waals surface area contributed by atoms with Crippen LogP contribution in [-0.2, 0) is 0 Å². The van der Waals surface area contributed by atoms with Crippen molar-refractivity contribution in [2.45, 2.75) is 12.3 Å². The molecule has 1 aliphatic carbocycles. The minimum atomic E-state index is -0.654. The Morgan fingerprint density at radius 3 is 2.92 bits per heavy atom. The molecule has 0 aromatic carbocycles. The molecule has 4 heteroatoms. The van der Waals surface area contributed by atoms with Crippen LogP contribution in [0.4, 0.5) is 0 Å². The molecular weight excluding hydrogens is 168 g/mol. The SMILES string of the molecule is O=c1nnc(C2C=CC=CC2)co1. The van der Waals surface area contributed by atoms with Gasteiger partial charge in [-0.25, -0.2) is 4.79 Å². The fraction of sp³-hybridized carbons (Fsp3) is 0.222. The molecule has 1 aromatic rings. The zero-order valence-electron chi connectivity index (χ0n) is 6.88. The molecule has 66 valence electrons. The molecule has 0 amide bonds. The summed E-state index contributed by atoms with van der Waals surface area (Å²) in [6.45, 7) is 0. The maximum absolute atomic E-state index is 10.5. The Bertz CT molecular complexity index is 386. The molecule has 0 N–H and O–H groups in total. The summed E-state index contributed by atoms with van der Waals surface area (Å²) in [5.74, 6) is -0.471. The normalized spacial score (nSPS) is 20.5. The van der Waals surface area contributed by atoms with Crippen molar-refractivity contribution in [1.29, 1.82) is 0 Å². The molecule has 0 bridgehead atoms. The first-order valence-electron chi connectivity index (χ1n) is 4.02. The highest BCUT2D eigenvalue weighted by atomic mass is 16.4. The van der Waals surface area contributed by atoms with Crippen LogP contribution < -0.4 is 5.76 Å². The Kier molecular flexibility index (Phi) is 2.04. The van der Waals surface area contributed by atoms with Gasteiger partial charge in [0.15, 0.2) is 0 Å². The molecule has 0 radical (unpaired) electrons. The van der Waals surface area contributed by atoms with Crippen LogP contribution in [0.25, 0.3) is 0 Å². The number of nitrogens with zero attached hydrogens (tertiary/aromatic N) is 2. The topological polar surface area (TPSA) is 56.0 Å². The third kappa shape index (κ3) is 1.72. The Morgan fingerprint density at radius 2 is 2.31 bits per heavy atom. The highest BCUT2D eigenvalue weighted by Crippen LogP contribution is 2.21. The lowest BCUT2D eigenvalue weighted by molar-refractivity contribution is 0.450. The van der Waals surface area contributed by atoms with Crippen LogP contribution in [0.5, 0.6) is 0 Å². The first-order chi connectivity index (χ1) is 6.36. The third-order valence-corrected chi connectivity index (χ3v) is 1.89. The smallest absolute Gasteiger partial charge is 0.414 e. The van der Waals surface area contributed by atoms with Gasteiger partial charge < -0.3 is 4.42 Å². The molecule has 0 aliphatic heterocycles. The molecule has 1 atom stereocenters. The van der Waals surface area contributed by atoms with Crippen molar-refractivity contribution in [3.63, 3.8) is 0 Å². The van der Waals surface area contributed by atoms with Gasteiger partial charge in [-0.2, -0.15) is 0 Å². The largest absolute Gasteiger partial charge is 0.457 e. The van der Waals surface area contributed by atoms with Gasteiger partial charge in [-0.15, -0.1) is 5.10 Å². The molecule has 13 heavy (non-hydrogen) atoms. The standard InChI is InChI=1S/C9H8N2O2/c12-9-11-10-8(6-13-9)7-4-2-1-3-5-7/h1-4,6-7H,5H2. The first kappa shape index (κ1) is 7.91. The quantitative estimate of drug-likeness (QED) is 0.641. The number of allylic oxidation sites excluding steroid dienone is 4. The van der Waals surface area contributed by atoms with Crippen LogP contribution in [0.3, 0.4) is 0 Å². The number of rotatable bonds is 1. The number of hydrogen-bond acceptors (Lipinski definition) is 4. The third-order valence-electron chi connectivity index (χ3n) is 1.89. The van der Waals surface area contributed by atoms with Crippen LogP contribution >= 0.6 is 0 Å². The van der Waals surface area contributed by atoms with E-state index in [1.807, 2.05) is 24.3 Å². The molecule has 0 fully saturated rings. The predicted molar refractivity (Wildman–Crippen MR) is 46.2 cm³/mol. The minimum Gasteiger partial charge on any atom is -0.414 e. The monoisotopic (exact) mass is 176 g/mol. The minimum absolute atomic E-state index is 0.182. The molecule has 1 aromatic heterocycles. The van der Waals surface area contributed by atoms with Crippen molar-refractivity contribution >= 4 is 0 Å². The lowest BCUT2D eigenvalue weighted by Gasteiger charge is -2.09. The molecule has 1 heterocycles. The fourth-order valence-electron chi connectivity index (χ4n) is 1.22. The van der Waals surface area contributed by atoms with E-state index in [9.17, 15) is 4.79 Å². The van der Waals surface area contributed by atoms with Crippen LogP contribution in [0.1, 0.15) is 18.0 Å². The summed E-state index contributed by atoms with van der Waals surface area (Å²) in [5, 5.41) is 7.08. The van der Waals surface area contributed by atoms with E-state index in [4.69, 9.17) is 0 Å². The fourth-order valence-corrected chi connectivity index (χ4v) is 1.22. The molecule has 0 spiro atoms. The van der Waals surface area contributed by atoms with Crippen molar-refractivity contribution < 1.29 is 4.42 Å². The summed E-state index contributed by atoms with van der Waals surface area (Å²) < 4.78 is 4.62. The molecule has 1 unspecified atom stereocenters. The van der Waals surface area contributed by atoms with Gasteiger partial charge in [-0.3, -0.25) is 0 Å². The molecule has 4 nitrogen and oxygen atoms in total. The van der Waals surface area contributed by atoms with E-state index < -0.39 is 5.76 Å². The van der Waals surface area contributed by atoms with Gasteiger partial charge in [0, 0.05) is 5.92 Å². The lowest BCUT2D eigenvalue weighted by Crippen LogP contribution is -2.09. The second-order valence-electron chi connectivity index (χ2n) is 2.78. The lowest BCUT2D eigenvalue weighted by atomic mass is 9.98. The highest BCUT2D eigenvalue weighted by Gasteiger charge is 2.10. The summed E-state index contributed by atoms with van der Waals surface area (Å²) in [5.41, 5.74) is 0.695. The van der Waals surface area contributed by atoms with E-state index in [1.165, 1.54) is 6.26 Å². The van der Waals surface area contributed by atoms with Gasteiger partial charge in [0.1, 0.15) is 12.0 Å². The van der Waals surface area contributed by atoms with Crippen molar-refractivity contribution in [3.8, 4) is 0 Å². The maximum Gasteiger partial charge on any atom is 0.457 e. The number of aromatic nitrogens is 2. The van der Waals surface area contributed by atoms with Gasteiger partial charge >= 0.3 is 5.76 Å². The van der Waals surface area contributed by atoms with E-state index in [0.717, 1.165) is 6.42 Å². The second kappa shape index (κ2) is 3.35. The van der Waals surface area contributed by atoms with E-state index in [0.29, 0.717) is 5.69 Å². The average molecular weight is 176 g/mol.